The summed E-state index contributed by atoms with van der Waals surface area (Å²) < 4.78 is 4.79. The number of ether oxygens (including phenoxy) is 1. The van der Waals surface area contributed by atoms with Crippen LogP contribution in [0.25, 0.3) is 0 Å². The number of hydrogen-bond acceptors (Lipinski definition) is 4. The van der Waals surface area contributed by atoms with Crippen molar-refractivity contribution in [2.24, 2.45) is 5.41 Å². The Morgan fingerprint density at radius 1 is 1.07 bits per heavy atom. The molecule has 0 radical (unpaired) electrons. The summed E-state index contributed by atoms with van der Waals surface area (Å²) in [5, 5.41) is 0. The first-order valence-electron chi connectivity index (χ1n) is 9.81. The van der Waals surface area contributed by atoms with Gasteiger partial charge in [0, 0.05) is 30.6 Å². The summed E-state index contributed by atoms with van der Waals surface area (Å²) in [6, 6.07) is 18.2. The van der Waals surface area contributed by atoms with Crippen LogP contribution in [0.2, 0.25) is 0 Å². The molecule has 1 fully saturated rings. The number of carbonyl (C=O) groups excluding carboxylic acids is 2. The molecule has 1 aliphatic carbocycles. The molecule has 2 aromatic rings. The Morgan fingerprint density at radius 2 is 1.82 bits per heavy atom. The van der Waals surface area contributed by atoms with E-state index in [-0.39, 0.29) is 17.2 Å². The van der Waals surface area contributed by atoms with Crippen molar-refractivity contribution in [1.29, 1.82) is 0 Å². The second-order valence-electron chi connectivity index (χ2n) is 7.79. The van der Waals surface area contributed by atoms with Gasteiger partial charge in [0.2, 0.25) is 0 Å². The fourth-order valence-electron chi connectivity index (χ4n) is 4.55. The van der Waals surface area contributed by atoms with Gasteiger partial charge in [-0.15, -0.1) is 0 Å². The summed E-state index contributed by atoms with van der Waals surface area (Å²) in [5.74, 6) is -0.0590. The minimum atomic E-state index is -0.318. The van der Waals surface area contributed by atoms with Crippen molar-refractivity contribution in [1.82, 2.24) is 0 Å². The number of rotatable bonds is 4. The first-order chi connectivity index (χ1) is 13.6. The van der Waals surface area contributed by atoms with E-state index < -0.39 is 0 Å². The molecule has 144 valence electrons. The quantitative estimate of drug-likeness (QED) is 0.752. The van der Waals surface area contributed by atoms with E-state index in [1.54, 1.807) is 0 Å². The molecule has 1 aliphatic heterocycles. The fourth-order valence-corrected chi connectivity index (χ4v) is 4.55. The zero-order chi connectivity index (χ0) is 19.6. The summed E-state index contributed by atoms with van der Waals surface area (Å²) in [5.41, 5.74) is 4.27. The number of benzene rings is 2. The highest BCUT2D eigenvalue weighted by atomic mass is 16.5. The van der Waals surface area contributed by atoms with Crippen molar-refractivity contribution in [3.8, 4) is 0 Å². The third-order valence-corrected chi connectivity index (χ3v) is 6.05. The van der Waals surface area contributed by atoms with E-state index in [0.717, 1.165) is 38.0 Å². The first kappa shape index (κ1) is 18.5. The van der Waals surface area contributed by atoms with Crippen LogP contribution in [0.15, 0.2) is 66.2 Å². The molecule has 2 aromatic carbocycles. The molecule has 0 spiro atoms. The normalized spacial score (nSPS) is 21.7. The molecule has 0 saturated carbocycles. The Balaban J connectivity index is 1.62. The minimum Gasteiger partial charge on any atom is -0.465 e. The van der Waals surface area contributed by atoms with E-state index in [0.29, 0.717) is 12.0 Å². The highest BCUT2D eigenvalue weighted by molar-refractivity contribution is 5.92. The first-order valence-corrected chi connectivity index (χ1v) is 9.81. The van der Waals surface area contributed by atoms with Crippen LogP contribution in [0.3, 0.4) is 0 Å². The van der Waals surface area contributed by atoms with E-state index in [2.05, 4.69) is 29.2 Å². The zero-order valence-corrected chi connectivity index (χ0v) is 16.2. The number of piperidine rings is 1. The zero-order valence-electron chi connectivity index (χ0n) is 16.2. The average molecular weight is 375 g/mol. The topological polar surface area (TPSA) is 46.6 Å². The molecule has 0 N–H and O–H groups in total. The number of ketones is 1. The summed E-state index contributed by atoms with van der Waals surface area (Å²) in [6.07, 6.45) is 5.26. The van der Waals surface area contributed by atoms with Crippen molar-refractivity contribution in [3.05, 3.63) is 77.4 Å². The fraction of sp³-hybridized carbons (Fsp3) is 0.333. The number of fused-ring (bicyclic) bond motifs is 1. The molecule has 0 aromatic heterocycles. The van der Waals surface area contributed by atoms with Gasteiger partial charge < -0.3 is 9.64 Å². The van der Waals surface area contributed by atoms with Gasteiger partial charge in [0.05, 0.1) is 12.7 Å². The summed E-state index contributed by atoms with van der Waals surface area (Å²) in [6.45, 7) is 1.77. The average Bonchev–Trinajstić information content (AvgIpc) is 2.74. The van der Waals surface area contributed by atoms with Crippen molar-refractivity contribution in [2.45, 2.75) is 25.7 Å². The molecule has 1 atom stereocenters. The predicted octanol–water partition coefficient (Wildman–Crippen LogP) is 4.20. The lowest BCUT2D eigenvalue weighted by molar-refractivity contribution is -0.115. The number of carbonyl (C=O) groups is 2. The van der Waals surface area contributed by atoms with Gasteiger partial charge in [-0.3, -0.25) is 4.79 Å². The highest BCUT2D eigenvalue weighted by Gasteiger charge is 2.42. The Bertz CT molecular complexity index is 901. The van der Waals surface area contributed by atoms with Crippen molar-refractivity contribution in [3.63, 3.8) is 0 Å². The Kier molecular flexibility index (Phi) is 5.03. The molecule has 28 heavy (non-hydrogen) atoms. The molecule has 4 nitrogen and oxygen atoms in total. The Morgan fingerprint density at radius 3 is 2.54 bits per heavy atom. The van der Waals surface area contributed by atoms with Gasteiger partial charge in [0.15, 0.2) is 5.78 Å². The standard InChI is InChI=1S/C24H25NO3/c1-28-23(27)19-7-9-21(10-8-19)25-14-12-20-15-22(26)11-13-24(20,17-25)16-18-5-3-2-4-6-18/h2-10,15H,11-14,16-17H2,1H3. The van der Waals surface area contributed by atoms with Crippen LogP contribution in [-0.4, -0.2) is 32.0 Å². The predicted molar refractivity (Wildman–Crippen MR) is 110 cm³/mol. The van der Waals surface area contributed by atoms with Crippen LogP contribution >= 0.6 is 0 Å². The van der Waals surface area contributed by atoms with E-state index in [4.69, 9.17) is 4.74 Å². The maximum Gasteiger partial charge on any atom is 0.337 e. The largest absolute Gasteiger partial charge is 0.465 e. The molecule has 0 bridgehead atoms. The lowest BCUT2D eigenvalue weighted by Crippen LogP contribution is -2.48. The monoisotopic (exact) mass is 375 g/mol. The van der Waals surface area contributed by atoms with Gasteiger partial charge in [-0.2, -0.15) is 0 Å². The minimum absolute atomic E-state index is 0.00542. The number of allylic oxidation sites excluding steroid dienone is 1. The Hall–Kier alpha value is -2.88. The molecule has 1 unspecified atom stereocenters. The number of hydrogen-bond donors (Lipinski definition) is 0. The van der Waals surface area contributed by atoms with E-state index >= 15 is 0 Å². The van der Waals surface area contributed by atoms with Crippen molar-refractivity contribution < 1.29 is 14.3 Å². The van der Waals surface area contributed by atoms with Crippen LogP contribution in [0, 0.1) is 5.41 Å². The summed E-state index contributed by atoms with van der Waals surface area (Å²) in [4.78, 5) is 26.1. The van der Waals surface area contributed by atoms with Gasteiger partial charge in [0.25, 0.3) is 0 Å². The maximum absolute atomic E-state index is 12.1. The van der Waals surface area contributed by atoms with Crippen LogP contribution in [-0.2, 0) is 16.0 Å². The smallest absolute Gasteiger partial charge is 0.337 e. The SMILES string of the molecule is COC(=O)c1ccc(N2CCC3=CC(=O)CCC3(Cc3ccccc3)C2)cc1. The number of anilines is 1. The van der Waals surface area contributed by atoms with Crippen LogP contribution < -0.4 is 4.90 Å². The molecule has 2 aliphatic rings. The second-order valence-corrected chi connectivity index (χ2v) is 7.79. The lowest BCUT2D eigenvalue weighted by atomic mass is 9.65. The van der Waals surface area contributed by atoms with Gasteiger partial charge in [-0.05, 0) is 55.2 Å². The lowest BCUT2D eigenvalue weighted by Gasteiger charge is -2.47. The highest BCUT2D eigenvalue weighted by Crippen LogP contribution is 2.45. The summed E-state index contributed by atoms with van der Waals surface area (Å²) in [7, 11) is 1.40. The van der Waals surface area contributed by atoms with E-state index in [9.17, 15) is 9.59 Å². The number of esters is 1. The third kappa shape index (κ3) is 3.59. The van der Waals surface area contributed by atoms with E-state index in [1.807, 2.05) is 36.4 Å². The van der Waals surface area contributed by atoms with E-state index in [1.165, 1.54) is 18.2 Å². The van der Waals surface area contributed by atoms with Gasteiger partial charge in [-0.1, -0.05) is 35.9 Å². The third-order valence-electron chi connectivity index (χ3n) is 6.05. The van der Waals surface area contributed by atoms with Crippen LogP contribution in [0.4, 0.5) is 5.69 Å². The molecular formula is C24H25NO3. The Labute approximate surface area is 165 Å². The van der Waals surface area contributed by atoms with Gasteiger partial charge >= 0.3 is 5.97 Å². The molecular weight excluding hydrogens is 350 g/mol. The maximum atomic E-state index is 12.1. The van der Waals surface area contributed by atoms with Crippen molar-refractivity contribution in [2.75, 3.05) is 25.1 Å². The molecule has 0 amide bonds. The number of nitrogens with zero attached hydrogens (tertiary/aromatic N) is 1. The number of methoxy groups -OCH3 is 1. The van der Waals surface area contributed by atoms with Crippen LogP contribution in [0.1, 0.15) is 35.2 Å². The molecule has 4 rings (SSSR count). The molecule has 1 saturated heterocycles. The van der Waals surface area contributed by atoms with Crippen molar-refractivity contribution >= 4 is 17.4 Å². The van der Waals surface area contributed by atoms with Gasteiger partial charge in [-0.25, -0.2) is 4.79 Å². The molecule has 1 heterocycles. The van der Waals surface area contributed by atoms with Crippen LogP contribution in [0.5, 0.6) is 0 Å². The molecule has 4 heteroatoms. The second kappa shape index (κ2) is 7.63. The van der Waals surface area contributed by atoms with Gasteiger partial charge in [0.1, 0.15) is 0 Å². The summed E-state index contributed by atoms with van der Waals surface area (Å²) >= 11 is 0.